The van der Waals surface area contributed by atoms with Crippen LogP contribution in [0.3, 0.4) is 0 Å². The Kier molecular flexibility index (Phi) is 3.84. The first-order chi connectivity index (χ1) is 10.2. The molecule has 0 saturated carbocycles. The summed E-state index contributed by atoms with van der Waals surface area (Å²) < 4.78 is 6.26. The summed E-state index contributed by atoms with van der Waals surface area (Å²) in [6.07, 6.45) is 1.10. The molecular weight excluding hydrogens is 260 g/mol. The number of nitrogens with zero attached hydrogens (tertiary/aromatic N) is 1. The van der Waals surface area contributed by atoms with E-state index in [4.69, 9.17) is 4.74 Å². The maximum atomic E-state index is 6.26. The SMILES string of the molecule is CNC1c2ccccc2CC1Oc1cccc(N(C)C)c1. The van der Waals surface area contributed by atoms with Crippen molar-refractivity contribution in [2.75, 3.05) is 26.0 Å². The Bertz CT molecular complexity index is 624. The predicted octanol–water partition coefficient (Wildman–Crippen LogP) is 3.02. The van der Waals surface area contributed by atoms with Crippen molar-refractivity contribution in [1.29, 1.82) is 0 Å². The van der Waals surface area contributed by atoms with Gasteiger partial charge in [-0.1, -0.05) is 30.3 Å². The number of hydrogen-bond donors (Lipinski definition) is 1. The molecule has 1 aliphatic carbocycles. The van der Waals surface area contributed by atoms with Crippen LogP contribution in [-0.4, -0.2) is 27.2 Å². The Labute approximate surface area is 126 Å². The summed E-state index contributed by atoms with van der Waals surface area (Å²) in [5.74, 6) is 0.930. The van der Waals surface area contributed by atoms with Gasteiger partial charge < -0.3 is 15.0 Å². The molecule has 0 spiro atoms. The van der Waals surface area contributed by atoms with E-state index in [0.717, 1.165) is 17.9 Å². The molecule has 0 heterocycles. The quantitative estimate of drug-likeness (QED) is 0.933. The lowest BCUT2D eigenvalue weighted by molar-refractivity contribution is 0.171. The van der Waals surface area contributed by atoms with Gasteiger partial charge in [-0.05, 0) is 30.3 Å². The number of benzene rings is 2. The van der Waals surface area contributed by atoms with Gasteiger partial charge in [0.15, 0.2) is 0 Å². The van der Waals surface area contributed by atoms with Gasteiger partial charge in [0.2, 0.25) is 0 Å². The average Bonchev–Trinajstić information content (AvgIpc) is 2.84. The molecule has 2 unspecified atom stereocenters. The van der Waals surface area contributed by atoms with Crippen molar-refractivity contribution in [3.63, 3.8) is 0 Å². The van der Waals surface area contributed by atoms with E-state index in [2.05, 4.69) is 46.6 Å². The highest BCUT2D eigenvalue weighted by atomic mass is 16.5. The first-order valence-corrected chi connectivity index (χ1v) is 7.38. The second kappa shape index (κ2) is 5.78. The Hall–Kier alpha value is -2.00. The molecule has 0 aromatic heterocycles. The van der Waals surface area contributed by atoms with Crippen LogP contribution in [0.1, 0.15) is 17.2 Å². The average molecular weight is 282 g/mol. The van der Waals surface area contributed by atoms with Crippen LogP contribution in [0.15, 0.2) is 48.5 Å². The normalized spacial score (nSPS) is 20.1. The molecular formula is C18H22N2O. The zero-order valence-electron chi connectivity index (χ0n) is 12.8. The van der Waals surface area contributed by atoms with Crippen LogP contribution in [0, 0.1) is 0 Å². The number of anilines is 1. The van der Waals surface area contributed by atoms with Gasteiger partial charge in [0, 0.05) is 32.3 Å². The van der Waals surface area contributed by atoms with Crippen LogP contribution in [0.4, 0.5) is 5.69 Å². The maximum absolute atomic E-state index is 6.26. The molecule has 1 N–H and O–H groups in total. The minimum Gasteiger partial charge on any atom is -0.488 e. The molecule has 0 aliphatic heterocycles. The minimum absolute atomic E-state index is 0.143. The monoisotopic (exact) mass is 282 g/mol. The number of rotatable bonds is 4. The van der Waals surface area contributed by atoms with Crippen molar-refractivity contribution in [2.45, 2.75) is 18.6 Å². The molecule has 110 valence electrons. The minimum atomic E-state index is 0.143. The molecule has 0 radical (unpaired) electrons. The second-order valence-corrected chi connectivity index (χ2v) is 5.72. The first kappa shape index (κ1) is 14.0. The lowest BCUT2D eigenvalue weighted by atomic mass is 10.1. The maximum Gasteiger partial charge on any atom is 0.122 e. The van der Waals surface area contributed by atoms with E-state index in [9.17, 15) is 0 Å². The van der Waals surface area contributed by atoms with E-state index in [-0.39, 0.29) is 12.1 Å². The smallest absolute Gasteiger partial charge is 0.122 e. The third kappa shape index (κ3) is 2.74. The zero-order valence-corrected chi connectivity index (χ0v) is 12.8. The summed E-state index contributed by atoms with van der Waals surface area (Å²) in [6.45, 7) is 0. The molecule has 3 nitrogen and oxygen atoms in total. The van der Waals surface area contributed by atoms with Crippen molar-refractivity contribution >= 4 is 5.69 Å². The van der Waals surface area contributed by atoms with Crippen molar-refractivity contribution in [3.05, 3.63) is 59.7 Å². The van der Waals surface area contributed by atoms with Crippen molar-refractivity contribution in [3.8, 4) is 5.75 Å². The fourth-order valence-corrected chi connectivity index (χ4v) is 3.02. The Morgan fingerprint density at radius 2 is 1.90 bits per heavy atom. The summed E-state index contributed by atoms with van der Waals surface area (Å²) in [4.78, 5) is 2.09. The van der Waals surface area contributed by atoms with E-state index in [1.165, 1.54) is 11.1 Å². The summed E-state index contributed by atoms with van der Waals surface area (Å²) in [5, 5.41) is 3.39. The van der Waals surface area contributed by atoms with E-state index >= 15 is 0 Å². The van der Waals surface area contributed by atoms with Crippen LogP contribution in [0.2, 0.25) is 0 Å². The lowest BCUT2D eigenvalue weighted by Crippen LogP contribution is -2.30. The molecule has 3 heteroatoms. The van der Waals surface area contributed by atoms with Gasteiger partial charge in [0.1, 0.15) is 11.9 Å². The molecule has 1 aliphatic rings. The van der Waals surface area contributed by atoms with Crippen molar-refractivity contribution < 1.29 is 4.74 Å². The molecule has 2 aromatic rings. The highest BCUT2D eigenvalue weighted by Crippen LogP contribution is 2.34. The van der Waals surface area contributed by atoms with Crippen LogP contribution >= 0.6 is 0 Å². The highest BCUT2D eigenvalue weighted by Gasteiger charge is 2.32. The van der Waals surface area contributed by atoms with Crippen LogP contribution < -0.4 is 15.0 Å². The van der Waals surface area contributed by atoms with Crippen molar-refractivity contribution in [2.24, 2.45) is 0 Å². The second-order valence-electron chi connectivity index (χ2n) is 5.72. The zero-order chi connectivity index (χ0) is 14.8. The van der Waals surface area contributed by atoms with Crippen LogP contribution in [-0.2, 0) is 6.42 Å². The summed E-state index contributed by atoms with van der Waals surface area (Å²) >= 11 is 0. The van der Waals surface area contributed by atoms with Gasteiger partial charge in [-0.3, -0.25) is 0 Å². The van der Waals surface area contributed by atoms with Gasteiger partial charge >= 0.3 is 0 Å². The topological polar surface area (TPSA) is 24.5 Å². The first-order valence-electron chi connectivity index (χ1n) is 7.38. The van der Waals surface area contributed by atoms with Gasteiger partial charge in [-0.2, -0.15) is 0 Å². The molecule has 0 bridgehead atoms. The standard InChI is InChI=1S/C18H22N2O/c1-19-18-16-10-5-4-7-13(16)11-17(18)21-15-9-6-8-14(12-15)20(2)3/h4-10,12,17-19H,11H2,1-3H3. The van der Waals surface area contributed by atoms with E-state index in [0.29, 0.717) is 0 Å². The number of hydrogen-bond acceptors (Lipinski definition) is 3. The van der Waals surface area contributed by atoms with Crippen LogP contribution in [0.5, 0.6) is 5.75 Å². The van der Waals surface area contributed by atoms with Gasteiger partial charge in [0.05, 0.1) is 6.04 Å². The predicted molar refractivity (Wildman–Crippen MR) is 87.1 cm³/mol. The Morgan fingerprint density at radius 3 is 2.67 bits per heavy atom. The summed E-state index contributed by atoms with van der Waals surface area (Å²) in [6, 6.07) is 17.1. The third-order valence-electron chi connectivity index (χ3n) is 4.12. The molecule has 2 aromatic carbocycles. The van der Waals surface area contributed by atoms with E-state index in [1.807, 2.05) is 33.3 Å². The molecule has 21 heavy (non-hydrogen) atoms. The van der Waals surface area contributed by atoms with E-state index < -0.39 is 0 Å². The number of likely N-dealkylation sites (N-methyl/N-ethyl adjacent to an activating group) is 1. The van der Waals surface area contributed by atoms with Gasteiger partial charge in [-0.25, -0.2) is 0 Å². The third-order valence-corrected chi connectivity index (χ3v) is 4.12. The summed E-state index contributed by atoms with van der Waals surface area (Å²) in [7, 11) is 6.08. The Balaban J connectivity index is 1.81. The van der Waals surface area contributed by atoms with Crippen LogP contribution in [0.25, 0.3) is 0 Å². The number of nitrogens with one attached hydrogen (secondary N) is 1. The van der Waals surface area contributed by atoms with Gasteiger partial charge in [0.25, 0.3) is 0 Å². The Morgan fingerprint density at radius 1 is 1.10 bits per heavy atom. The number of fused-ring (bicyclic) bond motifs is 1. The molecule has 0 saturated heterocycles. The molecule has 2 atom stereocenters. The highest BCUT2D eigenvalue weighted by molar-refractivity contribution is 5.49. The summed E-state index contributed by atoms with van der Waals surface area (Å²) in [5.41, 5.74) is 3.89. The fraction of sp³-hybridized carbons (Fsp3) is 0.333. The fourth-order valence-electron chi connectivity index (χ4n) is 3.02. The largest absolute Gasteiger partial charge is 0.488 e. The van der Waals surface area contributed by atoms with Crippen molar-refractivity contribution in [1.82, 2.24) is 5.32 Å². The molecule has 3 rings (SSSR count). The van der Waals surface area contributed by atoms with E-state index in [1.54, 1.807) is 0 Å². The lowest BCUT2D eigenvalue weighted by Gasteiger charge is -2.22. The molecule has 0 amide bonds. The van der Waals surface area contributed by atoms with Gasteiger partial charge in [-0.15, -0.1) is 0 Å². The molecule has 0 fully saturated rings. The number of ether oxygens (including phenoxy) is 1.